The summed E-state index contributed by atoms with van der Waals surface area (Å²) in [7, 11) is 1.98. The molecular weight excluding hydrogens is 192 g/mol. The molecule has 2 N–H and O–H groups in total. The third-order valence-corrected chi connectivity index (χ3v) is 3.02. The van der Waals surface area contributed by atoms with Gasteiger partial charge in [0.2, 0.25) is 5.91 Å². The van der Waals surface area contributed by atoms with Gasteiger partial charge in [-0.2, -0.15) is 0 Å². The number of carbonyl (C=O) groups is 1. The number of amides is 1. The van der Waals surface area contributed by atoms with Gasteiger partial charge in [-0.25, -0.2) is 0 Å². The fourth-order valence-electron chi connectivity index (χ4n) is 2.00. The van der Waals surface area contributed by atoms with Crippen molar-refractivity contribution < 1.29 is 9.90 Å². The van der Waals surface area contributed by atoms with Crippen LogP contribution in [0.5, 0.6) is 0 Å². The lowest BCUT2D eigenvalue weighted by Gasteiger charge is -2.29. The smallest absolute Gasteiger partial charge is 0.237 e. The molecule has 0 radical (unpaired) electrons. The summed E-state index contributed by atoms with van der Waals surface area (Å²) in [5.41, 5.74) is -0.310. The van der Waals surface area contributed by atoms with Gasteiger partial charge < -0.3 is 10.4 Å². The Kier molecular flexibility index (Phi) is 4.11. The van der Waals surface area contributed by atoms with E-state index in [1.807, 2.05) is 20.9 Å². The molecule has 1 aliphatic heterocycles. The van der Waals surface area contributed by atoms with Gasteiger partial charge in [-0.05, 0) is 46.7 Å². The number of likely N-dealkylation sites (N-methyl/N-ethyl adjacent to an activating group) is 1. The fraction of sp³-hybridized carbons (Fsp3) is 0.909. The van der Waals surface area contributed by atoms with Crippen molar-refractivity contribution in [2.75, 3.05) is 20.2 Å². The van der Waals surface area contributed by atoms with Crippen molar-refractivity contribution in [2.45, 2.75) is 44.7 Å². The second kappa shape index (κ2) is 4.94. The van der Waals surface area contributed by atoms with Crippen LogP contribution in [0, 0.1) is 0 Å². The van der Waals surface area contributed by atoms with Gasteiger partial charge in [0.05, 0.1) is 6.04 Å². The summed E-state index contributed by atoms with van der Waals surface area (Å²) in [6.45, 7) is 4.98. The Morgan fingerprint density at radius 3 is 2.73 bits per heavy atom. The van der Waals surface area contributed by atoms with Crippen LogP contribution in [0.1, 0.15) is 33.1 Å². The van der Waals surface area contributed by atoms with E-state index in [4.69, 9.17) is 5.11 Å². The van der Waals surface area contributed by atoms with E-state index >= 15 is 0 Å². The average molecular weight is 214 g/mol. The highest BCUT2D eigenvalue weighted by Crippen LogP contribution is 2.16. The van der Waals surface area contributed by atoms with E-state index in [1.165, 1.54) is 0 Å². The maximum absolute atomic E-state index is 11.9. The van der Waals surface area contributed by atoms with Crippen LogP contribution < -0.4 is 5.32 Å². The first-order valence-electron chi connectivity index (χ1n) is 5.59. The Bertz CT molecular complexity index is 229. The van der Waals surface area contributed by atoms with Gasteiger partial charge in [0.1, 0.15) is 0 Å². The summed E-state index contributed by atoms with van der Waals surface area (Å²) in [5.74, 6) is 0.0912. The minimum atomic E-state index is -0.310. The number of aliphatic hydroxyl groups excluding tert-OH is 1. The van der Waals surface area contributed by atoms with E-state index in [0.717, 1.165) is 19.4 Å². The quantitative estimate of drug-likeness (QED) is 0.710. The van der Waals surface area contributed by atoms with Crippen molar-refractivity contribution in [2.24, 2.45) is 0 Å². The molecule has 0 aromatic rings. The maximum Gasteiger partial charge on any atom is 0.237 e. The molecule has 1 heterocycles. The fourth-order valence-corrected chi connectivity index (χ4v) is 2.00. The van der Waals surface area contributed by atoms with E-state index in [1.54, 1.807) is 0 Å². The molecule has 1 saturated heterocycles. The number of hydrogen-bond acceptors (Lipinski definition) is 3. The minimum Gasteiger partial charge on any atom is -0.396 e. The van der Waals surface area contributed by atoms with Gasteiger partial charge >= 0.3 is 0 Å². The summed E-state index contributed by atoms with van der Waals surface area (Å²) < 4.78 is 0. The first-order chi connectivity index (χ1) is 6.96. The molecule has 0 aromatic carbocycles. The van der Waals surface area contributed by atoms with Crippen LogP contribution >= 0.6 is 0 Å². The highest BCUT2D eigenvalue weighted by Gasteiger charge is 2.30. The average Bonchev–Trinajstić information content (AvgIpc) is 2.50. The maximum atomic E-state index is 11.9. The SMILES string of the molecule is CN1CCC[C@H]1C(=O)NC(C)(C)CCO. The Hall–Kier alpha value is -0.610. The minimum absolute atomic E-state index is 0.0166. The Balaban J connectivity index is 2.47. The number of carbonyl (C=O) groups excluding carboxylic acids is 1. The van der Waals surface area contributed by atoms with Gasteiger partial charge in [0, 0.05) is 12.1 Å². The van der Waals surface area contributed by atoms with Crippen molar-refractivity contribution >= 4 is 5.91 Å². The molecule has 1 amide bonds. The molecule has 1 aliphatic rings. The van der Waals surface area contributed by atoms with Crippen LogP contribution in [0.2, 0.25) is 0 Å². The number of aliphatic hydroxyl groups is 1. The van der Waals surface area contributed by atoms with Gasteiger partial charge in [-0.15, -0.1) is 0 Å². The summed E-state index contributed by atoms with van der Waals surface area (Å²) in [5, 5.41) is 11.9. The van der Waals surface area contributed by atoms with Crippen molar-refractivity contribution in [3.05, 3.63) is 0 Å². The number of likely N-dealkylation sites (tertiary alicyclic amines) is 1. The Morgan fingerprint density at radius 1 is 1.60 bits per heavy atom. The first kappa shape index (κ1) is 12.5. The lowest BCUT2D eigenvalue weighted by atomic mass is 10.0. The predicted molar refractivity (Wildman–Crippen MR) is 59.6 cm³/mol. The summed E-state index contributed by atoms with van der Waals surface area (Å²) in [6, 6.07) is 0.0166. The Labute approximate surface area is 91.6 Å². The number of hydrogen-bond donors (Lipinski definition) is 2. The van der Waals surface area contributed by atoms with Gasteiger partial charge in [-0.3, -0.25) is 9.69 Å². The lowest BCUT2D eigenvalue weighted by Crippen LogP contribution is -2.50. The molecule has 1 atom stereocenters. The van der Waals surface area contributed by atoms with Crippen molar-refractivity contribution in [3.63, 3.8) is 0 Å². The largest absolute Gasteiger partial charge is 0.396 e. The zero-order valence-electron chi connectivity index (χ0n) is 9.92. The van der Waals surface area contributed by atoms with E-state index < -0.39 is 0 Å². The molecule has 1 fully saturated rings. The molecule has 88 valence electrons. The van der Waals surface area contributed by atoms with Crippen molar-refractivity contribution in [1.82, 2.24) is 10.2 Å². The zero-order valence-corrected chi connectivity index (χ0v) is 9.92. The van der Waals surface area contributed by atoms with Crippen LogP contribution in [0.25, 0.3) is 0 Å². The molecular formula is C11H22N2O2. The number of nitrogens with one attached hydrogen (secondary N) is 1. The lowest BCUT2D eigenvalue weighted by molar-refractivity contribution is -0.126. The molecule has 0 unspecified atom stereocenters. The zero-order chi connectivity index (χ0) is 11.5. The third kappa shape index (κ3) is 3.47. The van der Waals surface area contributed by atoms with Crippen LogP contribution in [-0.4, -0.2) is 47.7 Å². The molecule has 1 rings (SSSR count). The van der Waals surface area contributed by atoms with E-state index in [0.29, 0.717) is 6.42 Å². The third-order valence-electron chi connectivity index (χ3n) is 3.02. The Morgan fingerprint density at radius 2 is 2.27 bits per heavy atom. The highest BCUT2D eigenvalue weighted by molar-refractivity contribution is 5.82. The van der Waals surface area contributed by atoms with E-state index in [-0.39, 0.29) is 24.1 Å². The highest BCUT2D eigenvalue weighted by atomic mass is 16.3. The van der Waals surface area contributed by atoms with Crippen LogP contribution in [0.4, 0.5) is 0 Å². The molecule has 0 aliphatic carbocycles. The van der Waals surface area contributed by atoms with E-state index in [9.17, 15) is 4.79 Å². The molecule has 0 saturated carbocycles. The van der Waals surface area contributed by atoms with Crippen molar-refractivity contribution in [1.29, 1.82) is 0 Å². The molecule has 15 heavy (non-hydrogen) atoms. The summed E-state index contributed by atoms with van der Waals surface area (Å²) >= 11 is 0. The molecule has 4 heteroatoms. The first-order valence-corrected chi connectivity index (χ1v) is 5.59. The van der Waals surface area contributed by atoms with Crippen LogP contribution in [0.15, 0.2) is 0 Å². The predicted octanol–water partition coefficient (Wildman–Crippen LogP) is 0.358. The van der Waals surface area contributed by atoms with Crippen LogP contribution in [0.3, 0.4) is 0 Å². The molecule has 0 spiro atoms. The van der Waals surface area contributed by atoms with Gasteiger partial charge in [-0.1, -0.05) is 0 Å². The standard InChI is InChI=1S/C11H22N2O2/c1-11(2,6-8-14)12-10(15)9-5-4-7-13(9)3/h9,14H,4-8H2,1-3H3,(H,12,15)/t9-/m0/s1. The normalized spacial score (nSPS) is 23.1. The molecule has 0 bridgehead atoms. The monoisotopic (exact) mass is 214 g/mol. The summed E-state index contributed by atoms with van der Waals surface area (Å²) in [6.07, 6.45) is 2.63. The van der Waals surface area contributed by atoms with Crippen LogP contribution in [-0.2, 0) is 4.79 Å². The molecule has 0 aromatic heterocycles. The second-order valence-electron chi connectivity index (χ2n) is 4.99. The number of nitrogens with zero attached hydrogens (tertiary/aromatic N) is 1. The number of rotatable bonds is 4. The summed E-state index contributed by atoms with van der Waals surface area (Å²) in [4.78, 5) is 14.0. The van der Waals surface area contributed by atoms with E-state index in [2.05, 4.69) is 10.2 Å². The van der Waals surface area contributed by atoms with Gasteiger partial charge in [0.15, 0.2) is 0 Å². The van der Waals surface area contributed by atoms with Gasteiger partial charge in [0.25, 0.3) is 0 Å². The molecule has 4 nitrogen and oxygen atoms in total. The van der Waals surface area contributed by atoms with Crippen molar-refractivity contribution in [3.8, 4) is 0 Å². The topological polar surface area (TPSA) is 52.6 Å². The second-order valence-corrected chi connectivity index (χ2v) is 4.99.